The van der Waals surface area contributed by atoms with Crippen LogP contribution in [0, 0.1) is 5.41 Å². The van der Waals surface area contributed by atoms with E-state index in [4.69, 9.17) is 10.2 Å². The predicted molar refractivity (Wildman–Crippen MR) is 62.3 cm³/mol. The maximum absolute atomic E-state index is 11.1. The largest absolute Gasteiger partial charge is 0.481 e. The molecule has 0 atom stereocenters. The van der Waals surface area contributed by atoms with Gasteiger partial charge in [-0.15, -0.1) is 0 Å². The molecule has 4 nitrogen and oxygen atoms in total. The van der Waals surface area contributed by atoms with Crippen LogP contribution in [0.4, 0.5) is 0 Å². The summed E-state index contributed by atoms with van der Waals surface area (Å²) in [5.74, 6) is -0.749. The first-order chi connectivity index (χ1) is 7.47. The van der Waals surface area contributed by atoms with Gasteiger partial charge in [-0.1, -0.05) is 6.42 Å². The highest BCUT2D eigenvalue weighted by Gasteiger charge is 2.34. The Hall–Kier alpha value is -0.610. The highest BCUT2D eigenvalue weighted by atomic mass is 16.4. The molecular formula is C12H23NO3. The topological polar surface area (TPSA) is 60.8 Å². The molecule has 0 heterocycles. The number of carboxylic acids is 1. The molecule has 94 valence electrons. The Labute approximate surface area is 97.3 Å². The molecule has 1 aliphatic rings. The van der Waals surface area contributed by atoms with E-state index < -0.39 is 11.4 Å². The summed E-state index contributed by atoms with van der Waals surface area (Å²) in [6.45, 7) is 5.08. The molecule has 1 fully saturated rings. The van der Waals surface area contributed by atoms with Gasteiger partial charge in [-0.2, -0.15) is 0 Å². The standard InChI is InChI=1S/C12H23NO3/c1-12(2,11(15)16)9-13(7-4-8-14)10-5-3-6-10/h10,14H,3-9H2,1-2H3,(H,15,16). The van der Waals surface area contributed by atoms with Crippen LogP contribution in [0.15, 0.2) is 0 Å². The first kappa shape index (κ1) is 13.5. The zero-order chi connectivity index (χ0) is 12.2. The Morgan fingerprint density at radius 1 is 1.44 bits per heavy atom. The Morgan fingerprint density at radius 2 is 2.06 bits per heavy atom. The molecule has 0 aromatic heterocycles. The van der Waals surface area contributed by atoms with Gasteiger partial charge in [0.05, 0.1) is 5.41 Å². The summed E-state index contributed by atoms with van der Waals surface area (Å²) in [5, 5.41) is 18.0. The van der Waals surface area contributed by atoms with Crippen molar-refractivity contribution in [3.05, 3.63) is 0 Å². The van der Waals surface area contributed by atoms with Crippen molar-refractivity contribution < 1.29 is 15.0 Å². The van der Waals surface area contributed by atoms with Gasteiger partial charge in [-0.05, 0) is 33.1 Å². The van der Waals surface area contributed by atoms with Crippen molar-refractivity contribution in [1.29, 1.82) is 0 Å². The minimum Gasteiger partial charge on any atom is -0.481 e. The molecule has 0 saturated heterocycles. The molecule has 0 spiro atoms. The van der Waals surface area contributed by atoms with Crippen LogP contribution in [0.25, 0.3) is 0 Å². The molecule has 2 N–H and O–H groups in total. The van der Waals surface area contributed by atoms with E-state index in [0.29, 0.717) is 12.6 Å². The number of carboxylic acid groups (broad SMARTS) is 1. The summed E-state index contributed by atoms with van der Waals surface area (Å²) in [6, 6.07) is 0.533. The van der Waals surface area contributed by atoms with Crippen LogP contribution in [0.2, 0.25) is 0 Å². The van der Waals surface area contributed by atoms with Crippen LogP contribution in [-0.4, -0.2) is 46.8 Å². The molecule has 1 rings (SSSR count). The minimum atomic E-state index is -0.749. The van der Waals surface area contributed by atoms with Crippen LogP contribution >= 0.6 is 0 Å². The fourth-order valence-electron chi connectivity index (χ4n) is 1.99. The Morgan fingerprint density at radius 3 is 2.44 bits per heavy atom. The highest BCUT2D eigenvalue weighted by molar-refractivity contribution is 5.73. The van der Waals surface area contributed by atoms with Crippen LogP contribution in [-0.2, 0) is 4.79 Å². The van der Waals surface area contributed by atoms with Crippen LogP contribution in [0.1, 0.15) is 39.5 Å². The number of aliphatic hydroxyl groups is 1. The molecule has 0 bridgehead atoms. The molecule has 1 saturated carbocycles. The molecule has 1 aliphatic carbocycles. The summed E-state index contributed by atoms with van der Waals surface area (Å²) in [7, 11) is 0. The average Bonchev–Trinajstić information content (AvgIpc) is 2.10. The molecule has 16 heavy (non-hydrogen) atoms. The second-order valence-electron chi connectivity index (χ2n) is 5.32. The number of nitrogens with zero attached hydrogens (tertiary/aromatic N) is 1. The SMILES string of the molecule is CC(C)(CN(CCCO)C1CCC1)C(=O)O. The van der Waals surface area contributed by atoms with Gasteiger partial charge in [0.15, 0.2) is 0 Å². The smallest absolute Gasteiger partial charge is 0.310 e. The van der Waals surface area contributed by atoms with Crippen molar-refractivity contribution in [2.24, 2.45) is 5.41 Å². The number of hydrogen-bond donors (Lipinski definition) is 2. The van der Waals surface area contributed by atoms with Crippen LogP contribution in [0.5, 0.6) is 0 Å². The maximum atomic E-state index is 11.1. The molecule has 0 amide bonds. The number of hydrogen-bond acceptors (Lipinski definition) is 3. The van der Waals surface area contributed by atoms with E-state index in [1.165, 1.54) is 19.3 Å². The summed E-state index contributed by atoms with van der Waals surface area (Å²) < 4.78 is 0. The number of carbonyl (C=O) groups is 1. The van der Waals surface area contributed by atoms with Crippen molar-refractivity contribution >= 4 is 5.97 Å². The van der Waals surface area contributed by atoms with Gasteiger partial charge in [-0.25, -0.2) is 0 Å². The maximum Gasteiger partial charge on any atom is 0.310 e. The molecule has 0 radical (unpaired) electrons. The third kappa shape index (κ3) is 3.46. The van der Waals surface area contributed by atoms with Gasteiger partial charge in [0.1, 0.15) is 0 Å². The quantitative estimate of drug-likeness (QED) is 0.691. The first-order valence-corrected chi connectivity index (χ1v) is 6.05. The van der Waals surface area contributed by atoms with E-state index in [0.717, 1.165) is 13.0 Å². The Bertz CT molecular complexity index is 236. The summed E-state index contributed by atoms with van der Waals surface area (Å²) in [6.07, 6.45) is 4.31. The molecule has 0 aromatic carbocycles. The lowest BCUT2D eigenvalue weighted by Gasteiger charge is -2.40. The molecular weight excluding hydrogens is 206 g/mol. The van der Waals surface area contributed by atoms with Gasteiger partial charge in [-0.3, -0.25) is 9.69 Å². The van der Waals surface area contributed by atoms with Gasteiger partial charge >= 0.3 is 5.97 Å². The van der Waals surface area contributed by atoms with Gasteiger partial charge in [0, 0.05) is 25.7 Å². The fourth-order valence-corrected chi connectivity index (χ4v) is 1.99. The number of rotatable bonds is 7. The highest BCUT2D eigenvalue weighted by Crippen LogP contribution is 2.28. The zero-order valence-corrected chi connectivity index (χ0v) is 10.3. The van der Waals surface area contributed by atoms with Crippen molar-refractivity contribution in [3.8, 4) is 0 Å². The van der Waals surface area contributed by atoms with E-state index in [2.05, 4.69) is 4.90 Å². The van der Waals surface area contributed by atoms with Crippen molar-refractivity contribution in [2.75, 3.05) is 19.7 Å². The van der Waals surface area contributed by atoms with E-state index >= 15 is 0 Å². The van der Waals surface area contributed by atoms with Gasteiger partial charge in [0.25, 0.3) is 0 Å². The van der Waals surface area contributed by atoms with Gasteiger partial charge < -0.3 is 10.2 Å². The average molecular weight is 229 g/mol. The lowest BCUT2D eigenvalue weighted by molar-refractivity contribution is -0.148. The van der Waals surface area contributed by atoms with E-state index in [1.54, 1.807) is 13.8 Å². The first-order valence-electron chi connectivity index (χ1n) is 6.05. The van der Waals surface area contributed by atoms with E-state index in [9.17, 15) is 4.79 Å². The van der Waals surface area contributed by atoms with Crippen molar-refractivity contribution in [3.63, 3.8) is 0 Å². The normalized spacial score (nSPS) is 17.5. The predicted octanol–water partition coefficient (Wildman–Crippen LogP) is 1.33. The van der Waals surface area contributed by atoms with E-state index in [1.807, 2.05) is 0 Å². The molecule has 0 aromatic rings. The summed E-state index contributed by atoms with van der Waals surface area (Å²) in [4.78, 5) is 13.3. The Kier molecular flexibility index (Phi) is 4.74. The third-order valence-corrected chi connectivity index (χ3v) is 3.37. The van der Waals surface area contributed by atoms with E-state index in [-0.39, 0.29) is 6.61 Å². The lowest BCUT2D eigenvalue weighted by atomic mass is 9.87. The monoisotopic (exact) mass is 229 g/mol. The summed E-state index contributed by atoms with van der Waals surface area (Å²) in [5.41, 5.74) is -0.703. The molecule has 4 heteroatoms. The fraction of sp³-hybridized carbons (Fsp3) is 0.917. The number of aliphatic carboxylic acids is 1. The molecule has 0 aliphatic heterocycles. The van der Waals surface area contributed by atoms with Crippen molar-refractivity contribution in [1.82, 2.24) is 4.90 Å². The summed E-state index contributed by atoms with van der Waals surface area (Å²) >= 11 is 0. The Balaban J connectivity index is 2.51. The second kappa shape index (κ2) is 5.64. The number of aliphatic hydroxyl groups excluding tert-OH is 1. The van der Waals surface area contributed by atoms with Crippen molar-refractivity contribution in [2.45, 2.75) is 45.6 Å². The van der Waals surface area contributed by atoms with Crippen LogP contribution < -0.4 is 0 Å². The zero-order valence-electron chi connectivity index (χ0n) is 10.3. The second-order valence-corrected chi connectivity index (χ2v) is 5.32. The van der Waals surface area contributed by atoms with Gasteiger partial charge in [0.2, 0.25) is 0 Å². The third-order valence-electron chi connectivity index (χ3n) is 3.37. The molecule has 0 unspecified atom stereocenters. The lowest BCUT2D eigenvalue weighted by Crippen LogP contribution is -2.47. The minimum absolute atomic E-state index is 0.177. The van der Waals surface area contributed by atoms with Crippen LogP contribution in [0.3, 0.4) is 0 Å².